The Balaban J connectivity index is 1.02. The number of hydrogen-bond donors (Lipinski definition) is 0. The van der Waals surface area contributed by atoms with Gasteiger partial charge in [0.25, 0.3) is 0 Å². The standard InChI is InChI=1S/C64H40N2OS/c1-2-20-47-41(16-1)17-14-26-48(47)42-34-36-44(37-35-42)65(58-29-8-5-23-51(58)54-27-15-28-55-52-24-6-11-32-61(52)67-63(54)55)46-39-56(64-57(40-46)53-25-7-12-33-62(53)68-64)43-18-13-19-45(38-43)66-59-30-9-3-21-49(59)50-22-4-10-31-60(50)66/h1-40H. The Morgan fingerprint density at radius 2 is 0.985 bits per heavy atom. The minimum Gasteiger partial charge on any atom is -0.455 e. The first-order valence-corrected chi connectivity index (χ1v) is 24.0. The van der Waals surface area contributed by atoms with E-state index in [9.17, 15) is 0 Å². The van der Waals surface area contributed by atoms with Gasteiger partial charge in [-0.1, -0.05) is 176 Å². The molecule has 0 unspecified atom stereocenters. The normalized spacial score (nSPS) is 11.8. The van der Waals surface area contributed by atoms with Crippen LogP contribution in [0.5, 0.6) is 0 Å². The lowest BCUT2D eigenvalue weighted by molar-refractivity contribution is 0.670. The Kier molecular flexibility index (Phi) is 8.76. The van der Waals surface area contributed by atoms with E-state index in [0.717, 1.165) is 61.4 Å². The van der Waals surface area contributed by atoms with E-state index in [0.29, 0.717) is 0 Å². The number of fused-ring (bicyclic) bond motifs is 10. The summed E-state index contributed by atoms with van der Waals surface area (Å²) in [5, 5.41) is 9.68. The van der Waals surface area contributed by atoms with Crippen LogP contribution in [0.1, 0.15) is 0 Å². The molecule has 318 valence electrons. The number of hydrogen-bond acceptors (Lipinski definition) is 3. The van der Waals surface area contributed by atoms with Gasteiger partial charge in [-0.05, 0) is 94.2 Å². The van der Waals surface area contributed by atoms with E-state index in [4.69, 9.17) is 4.42 Å². The molecule has 4 heteroatoms. The van der Waals surface area contributed by atoms with Crippen molar-refractivity contribution in [2.75, 3.05) is 4.90 Å². The summed E-state index contributed by atoms with van der Waals surface area (Å²) in [4.78, 5) is 2.45. The zero-order valence-corrected chi connectivity index (χ0v) is 37.6. The zero-order valence-electron chi connectivity index (χ0n) is 36.8. The van der Waals surface area contributed by atoms with Crippen LogP contribution in [-0.4, -0.2) is 4.57 Å². The monoisotopic (exact) mass is 884 g/mol. The van der Waals surface area contributed by atoms with E-state index in [2.05, 4.69) is 246 Å². The van der Waals surface area contributed by atoms with Crippen molar-refractivity contribution < 1.29 is 4.42 Å². The van der Waals surface area contributed by atoms with E-state index in [-0.39, 0.29) is 0 Å². The average molecular weight is 885 g/mol. The van der Waals surface area contributed by atoms with Crippen molar-refractivity contribution in [2.45, 2.75) is 0 Å². The Hall–Kier alpha value is -8.70. The van der Waals surface area contributed by atoms with Crippen molar-refractivity contribution in [3.63, 3.8) is 0 Å². The third kappa shape index (κ3) is 6.05. The van der Waals surface area contributed by atoms with Crippen LogP contribution in [-0.2, 0) is 0 Å². The number of rotatable bonds is 7. The molecule has 68 heavy (non-hydrogen) atoms. The largest absolute Gasteiger partial charge is 0.455 e. The fourth-order valence-electron chi connectivity index (χ4n) is 10.7. The van der Waals surface area contributed by atoms with Crippen molar-refractivity contribution in [3.05, 3.63) is 243 Å². The third-order valence-electron chi connectivity index (χ3n) is 13.8. The van der Waals surface area contributed by atoms with Gasteiger partial charge in [0.15, 0.2) is 0 Å². The fourth-order valence-corrected chi connectivity index (χ4v) is 11.9. The zero-order chi connectivity index (χ0) is 44.7. The fraction of sp³-hybridized carbons (Fsp3) is 0. The van der Waals surface area contributed by atoms with Crippen molar-refractivity contribution in [1.29, 1.82) is 0 Å². The van der Waals surface area contributed by atoms with Gasteiger partial charge in [-0.3, -0.25) is 0 Å². The molecule has 0 bridgehead atoms. The lowest BCUT2D eigenvalue weighted by Crippen LogP contribution is -2.11. The Bertz CT molecular complexity index is 4230. The number of anilines is 3. The third-order valence-corrected chi connectivity index (χ3v) is 15.0. The average Bonchev–Trinajstić information content (AvgIpc) is 4.09. The molecular weight excluding hydrogens is 845 g/mol. The van der Waals surface area contributed by atoms with Crippen molar-refractivity contribution in [1.82, 2.24) is 4.57 Å². The summed E-state index contributed by atoms with van der Waals surface area (Å²) in [6.45, 7) is 0. The highest BCUT2D eigenvalue weighted by Gasteiger charge is 2.24. The second kappa shape index (κ2) is 15.5. The summed E-state index contributed by atoms with van der Waals surface area (Å²) in [6, 6.07) is 88.3. The number of nitrogens with zero attached hydrogens (tertiary/aromatic N) is 2. The SMILES string of the molecule is c1cc(-c2cc(N(c3ccc(-c4cccc5ccccc45)cc3)c3ccccc3-c3cccc4c3oc3ccccc34)cc3c2sc2ccccc23)cc(-n2c3ccccc3c3ccccc32)c1. The Morgan fingerprint density at radius 1 is 0.368 bits per heavy atom. The van der Waals surface area contributed by atoms with Crippen molar-refractivity contribution >= 4 is 103 Å². The molecule has 3 heterocycles. The molecule has 0 radical (unpaired) electrons. The van der Waals surface area contributed by atoms with Gasteiger partial charge >= 0.3 is 0 Å². The highest BCUT2D eigenvalue weighted by molar-refractivity contribution is 7.26. The van der Waals surface area contributed by atoms with Crippen molar-refractivity contribution in [3.8, 4) is 39.1 Å². The lowest BCUT2D eigenvalue weighted by atomic mass is 9.96. The van der Waals surface area contributed by atoms with Gasteiger partial charge in [-0.15, -0.1) is 11.3 Å². The number of thiophene rings is 1. The quantitative estimate of drug-likeness (QED) is 0.159. The van der Waals surface area contributed by atoms with Crippen molar-refractivity contribution in [2.24, 2.45) is 0 Å². The lowest BCUT2D eigenvalue weighted by Gasteiger charge is -2.29. The van der Waals surface area contributed by atoms with Crippen LogP contribution in [0.4, 0.5) is 17.1 Å². The summed E-state index contributed by atoms with van der Waals surface area (Å²) in [5.41, 5.74) is 15.3. The first-order chi connectivity index (χ1) is 33.7. The minimum atomic E-state index is 0.884. The Morgan fingerprint density at radius 3 is 1.82 bits per heavy atom. The Labute approximate surface area is 396 Å². The van der Waals surface area contributed by atoms with Gasteiger partial charge in [0.2, 0.25) is 0 Å². The molecule has 0 N–H and O–H groups in total. The van der Waals surface area contributed by atoms with Crippen LogP contribution in [0, 0.1) is 0 Å². The number of furan rings is 1. The predicted molar refractivity (Wildman–Crippen MR) is 289 cm³/mol. The second-order valence-corrected chi connectivity index (χ2v) is 18.6. The highest BCUT2D eigenvalue weighted by atomic mass is 32.1. The number of para-hydroxylation sites is 5. The molecule has 0 aliphatic heterocycles. The van der Waals surface area contributed by atoms with Crippen LogP contribution < -0.4 is 4.90 Å². The molecule has 14 rings (SSSR count). The molecule has 14 aromatic rings. The van der Waals surface area contributed by atoms with Gasteiger partial charge < -0.3 is 13.9 Å². The molecule has 11 aromatic carbocycles. The summed E-state index contributed by atoms with van der Waals surface area (Å²) in [6.07, 6.45) is 0. The molecule has 0 spiro atoms. The van der Waals surface area contributed by atoms with E-state index in [1.54, 1.807) is 0 Å². The van der Waals surface area contributed by atoms with E-state index >= 15 is 0 Å². The molecule has 0 aliphatic carbocycles. The first-order valence-electron chi connectivity index (χ1n) is 23.2. The number of benzene rings is 11. The maximum atomic E-state index is 6.73. The van der Waals surface area contributed by atoms with Crippen LogP contribution in [0.2, 0.25) is 0 Å². The summed E-state index contributed by atoms with van der Waals surface area (Å²) in [5.74, 6) is 0. The minimum absolute atomic E-state index is 0.884. The van der Waals surface area contributed by atoms with Crippen LogP contribution in [0.3, 0.4) is 0 Å². The molecule has 3 nitrogen and oxygen atoms in total. The summed E-state index contributed by atoms with van der Waals surface area (Å²) in [7, 11) is 0. The maximum absolute atomic E-state index is 6.73. The molecule has 0 saturated carbocycles. The smallest absolute Gasteiger partial charge is 0.143 e. The van der Waals surface area contributed by atoms with E-state index in [1.807, 2.05) is 17.4 Å². The van der Waals surface area contributed by atoms with Gasteiger partial charge in [0, 0.05) is 75.5 Å². The molecular formula is C64H40N2OS. The number of aromatic nitrogens is 1. The molecule has 0 fully saturated rings. The van der Waals surface area contributed by atoms with Gasteiger partial charge in [0.05, 0.1) is 16.7 Å². The molecule has 0 aliphatic rings. The molecule has 0 amide bonds. The maximum Gasteiger partial charge on any atom is 0.143 e. The highest BCUT2D eigenvalue weighted by Crippen LogP contribution is 2.49. The molecule has 3 aromatic heterocycles. The molecule has 0 atom stereocenters. The first kappa shape index (κ1) is 38.6. The summed E-state index contributed by atoms with van der Waals surface area (Å²) < 4.78 is 11.7. The molecule has 0 saturated heterocycles. The van der Waals surface area contributed by atoms with Gasteiger partial charge in [-0.25, -0.2) is 0 Å². The van der Waals surface area contributed by atoms with Crippen LogP contribution in [0.15, 0.2) is 247 Å². The van der Waals surface area contributed by atoms with E-state index < -0.39 is 0 Å². The van der Waals surface area contributed by atoms with Crippen LogP contribution >= 0.6 is 11.3 Å². The van der Waals surface area contributed by atoms with Crippen LogP contribution in [0.25, 0.3) is 114 Å². The van der Waals surface area contributed by atoms with Gasteiger partial charge in [-0.2, -0.15) is 0 Å². The summed E-state index contributed by atoms with van der Waals surface area (Å²) >= 11 is 1.87. The predicted octanol–water partition coefficient (Wildman–Crippen LogP) is 18.7. The topological polar surface area (TPSA) is 21.3 Å². The second-order valence-electron chi connectivity index (χ2n) is 17.6. The van der Waals surface area contributed by atoms with Gasteiger partial charge in [0.1, 0.15) is 11.2 Å². The van der Waals surface area contributed by atoms with E-state index in [1.165, 1.54) is 69.4 Å².